The molecule has 0 atom stereocenters. The minimum atomic E-state index is -3.43. The SMILES string of the molecule is CCCNCc1ccc(S(=O)(=O)NCc2cncs2)s1. The van der Waals surface area contributed by atoms with E-state index in [9.17, 15) is 8.42 Å². The number of hydrogen-bond acceptors (Lipinski definition) is 6. The molecular formula is C12H17N3O2S3. The van der Waals surface area contributed by atoms with Crippen LogP contribution in [0.1, 0.15) is 23.1 Å². The van der Waals surface area contributed by atoms with Crippen molar-refractivity contribution in [3.8, 4) is 0 Å². The van der Waals surface area contributed by atoms with Crippen molar-refractivity contribution in [3.63, 3.8) is 0 Å². The van der Waals surface area contributed by atoms with Crippen LogP contribution in [0.15, 0.2) is 28.0 Å². The second-order valence-corrected chi connectivity index (χ2v) is 8.32. The van der Waals surface area contributed by atoms with Gasteiger partial charge in [-0.1, -0.05) is 6.92 Å². The van der Waals surface area contributed by atoms with Crippen molar-refractivity contribution in [2.75, 3.05) is 6.54 Å². The van der Waals surface area contributed by atoms with Crippen molar-refractivity contribution in [2.24, 2.45) is 0 Å². The smallest absolute Gasteiger partial charge is 0.250 e. The molecule has 2 N–H and O–H groups in total. The molecule has 0 amide bonds. The maximum Gasteiger partial charge on any atom is 0.250 e. The molecule has 0 saturated heterocycles. The summed E-state index contributed by atoms with van der Waals surface area (Å²) in [7, 11) is -3.43. The maximum absolute atomic E-state index is 12.1. The lowest BCUT2D eigenvalue weighted by molar-refractivity contribution is 0.584. The average Bonchev–Trinajstić information content (AvgIpc) is 3.08. The van der Waals surface area contributed by atoms with Crippen molar-refractivity contribution in [1.29, 1.82) is 0 Å². The minimum Gasteiger partial charge on any atom is -0.312 e. The highest BCUT2D eigenvalue weighted by Crippen LogP contribution is 2.21. The predicted octanol–water partition coefficient (Wildman–Crippen LogP) is 2.18. The summed E-state index contributed by atoms with van der Waals surface area (Å²) in [6.07, 6.45) is 2.73. The molecule has 20 heavy (non-hydrogen) atoms. The van der Waals surface area contributed by atoms with Gasteiger partial charge in [-0.3, -0.25) is 4.98 Å². The predicted molar refractivity (Wildman–Crippen MR) is 82.5 cm³/mol. The Labute approximate surface area is 127 Å². The van der Waals surface area contributed by atoms with E-state index in [1.807, 2.05) is 6.07 Å². The van der Waals surface area contributed by atoms with E-state index in [4.69, 9.17) is 0 Å². The van der Waals surface area contributed by atoms with Gasteiger partial charge in [0.2, 0.25) is 10.0 Å². The number of thiophene rings is 1. The Balaban J connectivity index is 1.95. The van der Waals surface area contributed by atoms with Crippen LogP contribution in [-0.2, 0) is 23.1 Å². The highest BCUT2D eigenvalue weighted by atomic mass is 32.2. The molecule has 0 fully saturated rings. The molecule has 8 heteroatoms. The maximum atomic E-state index is 12.1. The Bertz CT molecular complexity index is 620. The van der Waals surface area contributed by atoms with E-state index in [0.29, 0.717) is 10.8 Å². The van der Waals surface area contributed by atoms with E-state index < -0.39 is 10.0 Å². The number of sulfonamides is 1. The lowest BCUT2D eigenvalue weighted by Crippen LogP contribution is -2.21. The number of rotatable bonds is 8. The fourth-order valence-corrected chi connectivity index (χ4v) is 4.55. The van der Waals surface area contributed by atoms with Crippen LogP contribution in [-0.4, -0.2) is 19.9 Å². The van der Waals surface area contributed by atoms with Crippen LogP contribution in [0.2, 0.25) is 0 Å². The van der Waals surface area contributed by atoms with Gasteiger partial charge >= 0.3 is 0 Å². The molecule has 110 valence electrons. The van der Waals surface area contributed by atoms with Crippen molar-refractivity contribution >= 4 is 32.7 Å². The third-order valence-electron chi connectivity index (χ3n) is 2.55. The summed E-state index contributed by atoms with van der Waals surface area (Å²) in [6, 6.07) is 3.51. The van der Waals surface area contributed by atoms with Crippen LogP contribution in [0, 0.1) is 0 Å². The van der Waals surface area contributed by atoms with E-state index >= 15 is 0 Å². The standard InChI is InChI=1S/C12H17N3O2S3/c1-2-5-13-6-10-3-4-12(19-10)20(16,17)15-8-11-7-14-9-18-11/h3-4,7,9,13,15H,2,5-6,8H2,1H3. The largest absolute Gasteiger partial charge is 0.312 e. The van der Waals surface area contributed by atoms with Crippen LogP contribution in [0.25, 0.3) is 0 Å². The Kier molecular flexibility index (Phi) is 5.67. The van der Waals surface area contributed by atoms with Gasteiger partial charge in [-0.05, 0) is 25.1 Å². The number of hydrogen-bond donors (Lipinski definition) is 2. The number of nitrogens with zero attached hydrogens (tertiary/aromatic N) is 1. The average molecular weight is 331 g/mol. The van der Waals surface area contributed by atoms with Gasteiger partial charge in [-0.2, -0.15) is 0 Å². The van der Waals surface area contributed by atoms with Crippen LogP contribution < -0.4 is 10.0 Å². The molecule has 2 aromatic rings. The third kappa shape index (κ3) is 4.35. The first kappa shape index (κ1) is 15.6. The first-order valence-electron chi connectivity index (χ1n) is 6.28. The molecule has 2 rings (SSSR count). The van der Waals surface area contributed by atoms with E-state index in [1.165, 1.54) is 22.7 Å². The van der Waals surface area contributed by atoms with Gasteiger partial charge in [-0.25, -0.2) is 13.1 Å². The quantitative estimate of drug-likeness (QED) is 0.727. The van der Waals surface area contributed by atoms with Gasteiger partial charge in [0.25, 0.3) is 0 Å². The van der Waals surface area contributed by atoms with E-state index in [1.54, 1.807) is 17.8 Å². The molecule has 2 aromatic heterocycles. The van der Waals surface area contributed by atoms with Crippen LogP contribution in [0.5, 0.6) is 0 Å². The molecule has 0 saturated carbocycles. The molecule has 0 aromatic carbocycles. The van der Waals surface area contributed by atoms with Crippen molar-refractivity contribution in [1.82, 2.24) is 15.0 Å². The summed E-state index contributed by atoms with van der Waals surface area (Å²) in [5, 5.41) is 3.26. The summed E-state index contributed by atoms with van der Waals surface area (Å²) >= 11 is 2.74. The highest BCUT2D eigenvalue weighted by molar-refractivity contribution is 7.91. The van der Waals surface area contributed by atoms with Crippen LogP contribution in [0.3, 0.4) is 0 Å². The molecule has 0 aliphatic rings. The van der Waals surface area contributed by atoms with Gasteiger partial charge < -0.3 is 5.32 Å². The molecular weight excluding hydrogens is 314 g/mol. The lowest BCUT2D eigenvalue weighted by atomic mass is 10.4. The van der Waals surface area contributed by atoms with Crippen LogP contribution >= 0.6 is 22.7 Å². The molecule has 2 heterocycles. The molecule has 0 aliphatic heterocycles. The molecule has 0 radical (unpaired) electrons. The summed E-state index contributed by atoms with van der Waals surface area (Å²) in [5.41, 5.74) is 1.69. The summed E-state index contributed by atoms with van der Waals surface area (Å²) in [5.74, 6) is 0. The van der Waals surface area contributed by atoms with Gasteiger partial charge in [0, 0.05) is 29.0 Å². The fraction of sp³-hybridized carbons (Fsp3) is 0.417. The Morgan fingerprint density at radius 3 is 2.80 bits per heavy atom. The number of thiazole rings is 1. The van der Waals surface area contributed by atoms with E-state index in [2.05, 4.69) is 21.9 Å². The fourth-order valence-electron chi connectivity index (χ4n) is 1.55. The zero-order valence-corrected chi connectivity index (χ0v) is 13.6. The van der Waals surface area contributed by atoms with Crippen molar-refractivity contribution in [3.05, 3.63) is 33.6 Å². The summed E-state index contributed by atoms with van der Waals surface area (Å²) in [4.78, 5) is 5.84. The monoisotopic (exact) mass is 331 g/mol. The number of aromatic nitrogens is 1. The second kappa shape index (κ2) is 7.28. The normalized spacial score (nSPS) is 11.8. The molecule has 5 nitrogen and oxygen atoms in total. The minimum absolute atomic E-state index is 0.286. The molecule has 0 aliphatic carbocycles. The topological polar surface area (TPSA) is 71.1 Å². The van der Waals surface area contributed by atoms with Crippen LogP contribution in [0.4, 0.5) is 0 Å². The van der Waals surface area contributed by atoms with E-state index in [-0.39, 0.29) is 6.54 Å². The summed E-state index contributed by atoms with van der Waals surface area (Å²) < 4.78 is 27.2. The van der Waals surface area contributed by atoms with Gasteiger partial charge in [-0.15, -0.1) is 22.7 Å². The highest BCUT2D eigenvalue weighted by Gasteiger charge is 2.16. The van der Waals surface area contributed by atoms with Crippen molar-refractivity contribution in [2.45, 2.75) is 30.6 Å². The Morgan fingerprint density at radius 1 is 1.25 bits per heavy atom. The first-order valence-corrected chi connectivity index (χ1v) is 9.46. The van der Waals surface area contributed by atoms with Gasteiger partial charge in [0.15, 0.2) is 0 Å². The van der Waals surface area contributed by atoms with Crippen molar-refractivity contribution < 1.29 is 8.42 Å². The molecule has 0 spiro atoms. The number of nitrogens with one attached hydrogen (secondary N) is 2. The van der Waals surface area contributed by atoms with E-state index in [0.717, 1.165) is 22.7 Å². The molecule has 0 unspecified atom stereocenters. The lowest BCUT2D eigenvalue weighted by Gasteiger charge is -2.02. The Morgan fingerprint density at radius 2 is 2.10 bits per heavy atom. The molecule has 0 bridgehead atoms. The Hall–Kier alpha value is -0.800. The van der Waals surface area contributed by atoms with Gasteiger partial charge in [0.1, 0.15) is 4.21 Å². The zero-order chi connectivity index (χ0) is 14.4. The summed E-state index contributed by atoms with van der Waals surface area (Å²) in [6.45, 7) is 4.03. The third-order valence-corrected chi connectivity index (χ3v) is 6.31. The second-order valence-electron chi connectivity index (χ2n) is 4.19. The van der Waals surface area contributed by atoms with Gasteiger partial charge in [0.05, 0.1) is 5.51 Å². The zero-order valence-electron chi connectivity index (χ0n) is 11.1. The first-order chi connectivity index (χ1) is 9.62.